The van der Waals surface area contributed by atoms with Gasteiger partial charge >= 0.3 is 12.1 Å². The molecule has 0 aromatic rings. The Hall–Kier alpha value is -2.03. The van der Waals surface area contributed by atoms with E-state index in [1.165, 1.54) is 6.42 Å². The molecule has 2 saturated carbocycles. The fourth-order valence-electron chi connectivity index (χ4n) is 6.24. The molecule has 34 heavy (non-hydrogen) atoms. The molecule has 3 N–H and O–H groups in total. The zero-order chi connectivity index (χ0) is 24.9. The van der Waals surface area contributed by atoms with Crippen LogP contribution in [-0.2, 0) is 9.53 Å². The van der Waals surface area contributed by atoms with Gasteiger partial charge in [-0.15, -0.1) is 0 Å². The van der Waals surface area contributed by atoms with Crippen LogP contribution in [0.5, 0.6) is 0 Å². The van der Waals surface area contributed by atoms with Gasteiger partial charge in [-0.25, -0.2) is 9.59 Å². The number of aliphatic hydroxyl groups is 1. The van der Waals surface area contributed by atoms with E-state index in [9.17, 15) is 19.5 Å². The van der Waals surface area contributed by atoms with Gasteiger partial charge in [0.2, 0.25) is 5.91 Å². The zero-order valence-electron chi connectivity index (χ0n) is 21.2. The van der Waals surface area contributed by atoms with Gasteiger partial charge in [0.05, 0.1) is 12.7 Å². The molecular formula is C25H44N4O5. The lowest BCUT2D eigenvalue weighted by molar-refractivity contribution is -0.135. The third-order valence-corrected chi connectivity index (χ3v) is 8.16. The van der Waals surface area contributed by atoms with Gasteiger partial charge in [0.25, 0.3) is 0 Å². The number of hydrogen-bond donors (Lipinski definition) is 2. The number of fused-ring (bicyclic) bond motifs is 2. The molecular weight excluding hydrogens is 436 g/mol. The second kappa shape index (κ2) is 11.6. The van der Waals surface area contributed by atoms with Crippen molar-refractivity contribution in [1.29, 1.82) is 0 Å². The quantitative estimate of drug-likeness (QED) is 0.630. The largest absolute Gasteiger partial charge is 0.450 e. The summed E-state index contributed by atoms with van der Waals surface area (Å²) in [5.74, 6) is 1.05. The first kappa shape index (κ1) is 26.6. The highest BCUT2D eigenvalue weighted by Crippen LogP contribution is 2.50. The molecule has 0 radical (unpaired) electrons. The fraction of sp³-hybridized carbons (Fsp3) is 0.880. The average Bonchev–Trinajstić information content (AvgIpc) is 2.83. The smallest absolute Gasteiger partial charge is 0.409 e. The lowest BCUT2D eigenvalue weighted by Crippen LogP contribution is -2.54. The number of carbonyl (C=O) groups is 3. The number of aliphatic hydroxyl groups excluding tert-OH is 1. The van der Waals surface area contributed by atoms with Crippen LogP contribution in [0.3, 0.4) is 0 Å². The number of hydrogen-bond acceptors (Lipinski definition) is 5. The van der Waals surface area contributed by atoms with E-state index in [0.29, 0.717) is 44.6 Å². The molecule has 4 aliphatic rings. The molecule has 2 aliphatic carbocycles. The molecule has 2 saturated heterocycles. The molecule has 9 nitrogen and oxygen atoms in total. The lowest BCUT2D eigenvalue weighted by Gasteiger charge is -2.48. The minimum atomic E-state index is -0.380. The molecule has 5 unspecified atom stereocenters. The third-order valence-electron chi connectivity index (χ3n) is 8.16. The van der Waals surface area contributed by atoms with Crippen molar-refractivity contribution in [2.24, 2.45) is 28.9 Å². The predicted octanol–water partition coefficient (Wildman–Crippen LogP) is 2.66. The third kappa shape index (κ3) is 6.34. The molecule has 194 valence electrons. The van der Waals surface area contributed by atoms with Crippen molar-refractivity contribution in [1.82, 2.24) is 14.7 Å². The molecule has 2 bridgehead atoms. The van der Waals surface area contributed by atoms with Crippen molar-refractivity contribution in [3.63, 3.8) is 0 Å². The number of ether oxygens (including phenoxy) is 1. The minimum Gasteiger partial charge on any atom is -0.450 e. The van der Waals surface area contributed by atoms with Crippen LogP contribution in [-0.4, -0.2) is 89.8 Å². The molecule has 0 spiro atoms. The van der Waals surface area contributed by atoms with Gasteiger partial charge < -0.3 is 30.3 Å². The SMILES string of the molecule is CC1CC2CC(CC(C)(C(N)=O)C2)C1O.CCOC(=O)N1CCN(C(=O)N2CCCCC2)CC1. The molecule has 4 rings (SSSR count). The maximum atomic E-state index is 12.3. The van der Waals surface area contributed by atoms with Crippen molar-refractivity contribution in [3.8, 4) is 0 Å². The summed E-state index contributed by atoms with van der Waals surface area (Å²) in [5, 5.41) is 10.1. The molecule has 4 fully saturated rings. The van der Waals surface area contributed by atoms with Crippen LogP contribution in [0.15, 0.2) is 0 Å². The first-order chi connectivity index (χ1) is 16.1. The van der Waals surface area contributed by atoms with Crippen LogP contribution in [0.4, 0.5) is 9.59 Å². The lowest BCUT2D eigenvalue weighted by atomic mass is 9.58. The second-order valence-corrected chi connectivity index (χ2v) is 10.9. The Labute approximate surface area is 203 Å². The van der Waals surface area contributed by atoms with Crippen molar-refractivity contribution in [2.75, 3.05) is 45.9 Å². The van der Waals surface area contributed by atoms with Gasteiger partial charge in [-0.3, -0.25) is 4.79 Å². The van der Waals surface area contributed by atoms with E-state index in [0.717, 1.165) is 51.6 Å². The standard InChI is InChI=1S/C13H23N3O3.C12H21NO2/c1-2-19-13(18)16-10-8-15(9-11-16)12(17)14-6-4-3-5-7-14;1-7-3-8-4-9(10(7)14)6-12(2,5-8)11(13)15/h2-11H2,1H3;7-10,14H,3-6H2,1-2H3,(H2,13,15). The number of carbonyl (C=O) groups excluding carboxylic acids is 3. The summed E-state index contributed by atoms with van der Waals surface area (Å²) >= 11 is 0. The Morgan fingerprint density at radius 1 is 0.941 bits per heavy atom. The van der Waals surface area contributed by atoms with E-state index in [1.54, 1.807) is 11.8 Å². The molecule has 4 amide bonds. The Morgan fingerprint density at radius 3 is 2.12 bits per heavy atom. The Morgan fingerprint density at radius 2 is 1.53 bits per heavy atom. The number of primary amides is 1. The maximum Gasteiger partial charge on any atom is 0.409 e. The van der Waals surface area contributed by atoms with Crippen molar-refractivity contribution >= 4 is 18.0 Å². The number of nitrogens with two attached hydrogens (primary N) is 1. The van der Waals surface area contributed by atoms with E-state index >= 15 is 0 Å². The van der Waals surface area contributed by atoms with Gasteiger partial charge in [-0.2, -0.15) is 0 Å². The van der Waals surface area contributed by atoms with Crippen LogP contribution >= 0.6 is 0 Å². The number of rotatable bonds is 2. The summed E-state index contributed by atoms with van der Waals surface area (Å²) in [5.41, 5.74) is 5.08. The molecule has 2 aliphatic heterocycles. The first-order valence-corrected chi connectivity index (χ1v) is 13.1. The highest BCUT2D eigenvalue weighted by molar-refractivity contribution is 5.80. The van der Waals surface area contributed by atoms with Crippen LogP contribution in [0, 0.1) is 23.2 Å². The first-order valence-electron chi connectivity index (χ1n) is 13.1. The van der Waals surface area contributed by atoms with Gasteiger partial charge in [-0.1, -0.05) is 13.8 Å². The van der Waals surface area contributed by atoms with Crippen LogP contribution in [0.25, 0.3) is 0 Å². The highest BCUT2D eigenvalue weighted by atomic mass is 16.6. The number of amides is 4. The monoisotopic (exact) mass is 480 g/mol. The second-order valence-electron chi connectivity index (χ2n) is 10.9. The predicted molar refractivity (Wildman–Crippen MR) is 129 cm³/mol. The van der Waals surface area contributed by atoms with E-state index in [4.69, 9.17) is 10.5 Å². The van der Waals surface area contributed by atoms with E-state index in [-0.39, 0.29) is 35.5 Å². The summed E-state index contributed by atoms with van der Waals surface area (Å²) < 4.78 is 4.97. The molecule has 9 heteroatoms. The summed E-state index contributed by atoms with van der Waals surface area (Å²) in [6.07, 6.45) is 6.73. The number of nitrogens with zero attached hydrogens (tertiary/aromatic N) is 3. The zero-order valence-corrected chi connectivity index (χ0v) is 21.2. The van der Waals surface area contributed by atoms with Gasteiger partial charge in [0, 0.05) is 44.7 Å². The average molecular weight is 481 g/mol. The topological polar surface area (TPSA) is 116 Å². The van der Waals surface area contributed by atoms with Crippen LogP contribution < -0.4 is 5.73 Å². The van der Waals surface area contributed by atoms with Gasteiger partial charge in [0.1, 0.15) is 0 Å². The number of urea groups is 1. The Balaban J connectivity index is 0.000000196. The van der Waals surface area contributed by atoms with E-state index < -0.39 is 0 Å². The number of likely N-dealkylation sites (tertiary alicyclic amines) is 1. The van der Waals surface area contributed by atoms with Crippen molar-refractivity contribution in [3.05, 3.63) is 0 Å². The summed E-state index contributed by atoms with van der Waals surface area (Å²) in [6.45, 7) is 10.3. The molecule has 0 aromatic carbocycles. The van der Waals surface area contributed by atoms with E-state index in [2.05, 4.69) is 6.92 Å². The minimum absolute atomic E-state index is 0.128. The molecule has 0 aromatic heterocycles. The summed E-state index contributed by atoms with van der Waals surface area (Å²) in [6, 6.07) is 0.128. The highest BCUT2D eigenvalue weighted by Gasteiger charge is 2.47. The fourth-order valence-corrected chi connectivity index (χ4v) is 6.24. The maximum absolute atomic E-state index is 12.3. The Bertz CT molecular complexity index is 718. The van der Waals surface area contributed by atoms with Crippen molar-refractivity contribution in [2.45, 2.75) is 71.8 Å². The van der Waals surface area contributed by atoms with Gasteiger partial charge in [0.15, 0.2) is 0 Å². The van der Waals surface area contributed by atoms with Crippen LogP contribution in [0.2, 0.25) is 0 Å². The van der Waals surface area contributed by atoms with Crippen LogP contribution in [0.1, 0.15) is 65.7 Å². The normalized spacial score (nSPS) is 33.5. The number of piperidine rings is 1. The number of piperazine rings is 1. The Kier molecular flexibility index (Phi) is 9.07. The van der Waals surface area contributed by atoms with E-state index in [1.807, 2.05) is 16.7 Å². The summed E-state index contributed by atoms with van der Waals surface area (Å²) in [7, 11) is 0. The van der Waals surface area contributed by atoms with Gasteiger partial charge in [-0.05, 0) is 69.6 Å². The molecule has 5 atom stereocenters. The summed E-state index contributed by atoms with van der Waals surface area (Å²) in [4.78, 5) is 40.7. The molecule has 2 heterocycles. The van der Waals surface area contributed by atoms with Crippen molar-refractivity contribution < 1.29 is 24.2 Å².